The van der Waals surface area contributed by atoms with E-state index in [9.17, 15) is 8.78 Å². The summed E-state index contributed by atoms with van der Waals surface area (Å²) in [4.78, 5) is 0. The van der Waals surface area contributed by atoms with Crippen molar-refractivity contribution in [2.45, 2.75) is 26.5 Å². The highest BCUT2D eigenvalue weighted by Crippen LogP contribution is 2.25. The van der Waals surface area contributed by atoms with Crippen molar-refractivity contribution in [3.05, 3.63) is 46.3 Å². The summed E-state index contributed by atoms with van der Waals surface area (Å²) < 4.78 is 40.5. The Morgan fingerprint density at radius 3 is 2.75 bits per heavy atom. The number of aromatic nitrogens is 2. The van der Waals surface area contributed by atoms with E-state index < -0.39 is 11.6 Å². The van der Waals surface area contributed by atoms with Crippen LogP contribution in [0.5, 0.6) is 5.75 Å². The third-order valence-electron chi connectivity index (χ3n) is 3.88. The molecule has 1 aliphatic rings. The van der Waals surface area contributed by atoms with E-state index in [2.05, 4.69) is 5.10 Å². The number of hydrogen-bond donors (Lipinski definition) is 2. The summed E-state index contributed by atoms with van der Waals surface area (Å²) in [7, 11) is 0. The molecular formula is C16H18F2N4O2. The lowest BCUT2D eigenvalue weighted by Crippen LogP contribution is -2.17. The second kappa shape index (κ2) is 6.56. The van der Waals surface area contributed by atoms with Crippen molar-refractivity contribution in [3.8, 4) is 5.75 Å². The fourth-order valence-corrected chi connectivity index (χ4v) is 2.79. The predicted octanol–water partition coefficient (Wildman–Crippen LogP) is 1.97. The average molecular weight is 336 g/mol. The molecule has 1 aromatic carbocycles. The highest BCUT2D eigenvalue weighted by molar-refractivity contribution is 5.94. The summed E-state index contributed by atoms with van der Waals surface area (Å²) in [6.45, 7) is 2.76. The van der Waals surface area contributed by atoms with Gasteiger partial charge in [0, 0.05) is 35.4 Å². The first-order valence-corrected chi connectivity index (χ1v) is 7.62. The second-order valence-corrected chi connectivity index (χ2v) is 5.45. The second-order valence-electron chi connectivity index (χ2n) is 5.45. The van der Waals surface area contributed by atoms with Crippen LogP contribution in [0.15, 0.2) is 12.1 Å². The van der Waals surface area contributed by atoms with Crippen LogP contribution in [0.2, 0.25) is 0 Å². The molecule has 0 aliphatic carbocycles. The van der Waals surface area contributed by atoms with Crippen molar-refractivity contribution >= 4 is 5.84 Å². The molecule has 0 bridgehead atoms. The number of amidine groups is 1. The summed E-state index contributed by atoms with van der Waals surface area (Å²) >= 11 is 0. The van der Waals surface area contributed by atoms with Gasteiger partial charge in [0.1, 0.15) is 28.9 Å². The molecule has 0 radical (unpaired) electrons. The third-order valence-corrected chi connectivity index (χ3v) is 3.88. The number of nitrogens with two attached hydrogens (primary N) is 1. The summed E-state index contributed by atoms with van der Waals surface area (Å²) in [5.41, 5.74) is 7.24. The highest BCUT2D eigenvalue weighted by atomic mass is 19.1. The molecular weight excluding hydrogens is 318 g/mol. The maximum Gasteiger partial charge on any atom is 0.144 e. The number of fused-ring (bicyclic) bond motifs is 1. The quantitative estimate of drug-likeness (QED) is 0.646. The Labute approximate surface area is 137 Å². The van der Waals surface area contributed by atoms with E-state index in [-0.39, 0.29) is 23.7 Å². The summed E-state index contributed by atoms with van der Waals surface area (Å²) in [6, 6.07) is 2.32. The Bertz CT molecular complexity index is 766. The van der Waals surface area contributed by atoms with Crippen LogP contribution < -0.4 is 10.5 Å². The van der Waals surface area contributed by atoms with Crippen molar-refractivity contribution in [1.82, 2.24) is 9.78 Å². The zero-order valence-electron chi connectivity index (χ0n) is 13.2. The van der Waals surface area contributed by atoms with Crippen LogP contribution in [0.25, 0.3) is 0 Å². The normalized spacial score (nSPS) is 13.6. The van der Waals surface area contributed by atoms with E-state index in [1.807, 2.05) is 0 Å². The highest BCUT2D eigenvalue weighted by Gasteiger charge is 2.24. The number of hydrogen-bond acceptors (Lipinski definition) is 4. The molecule has 1 aromatic heterocycles. The van der Waals surface area contributed by atoms with Crippen LogP contribution in [0.4, 0.5) is 8.78 Å². The van der Waals surface area contributed by atoms with Gasteiger partial charge < -0.3 is 15.2 Å². The van der Waals surface area contributed by atoms with Gasteiger partial charge in [-0.25, -0.2) is 8.78 Å². The first kappa shape index (κ1) is 16.4. The van der Waals surface area contributed by atoms with E-state index in [1.54, 1.807) is 6.92 Å². The number of nitrogens with one attached hydrogen (secondary N) is 1. The first-order chi connectivity index (χ1) is 11.5. The Hall–Kier alpha value is -2.48. The molecule has 128 valence electrons. The fourth-order valence-electron chi connectivity index (χ4n) is 2.79. The van der Waals surface area contributed by atoms with E-state index in [0.717, 1.165) is 17.8 Å². The maximum absolute atomic E-state index is 14.3. The van der Waals surface area contributed by atoms with Gasteiger partial charge >= 0.3 is 0 Å². The molecule has 2 aromatic rings. The zero-order valence-corrected chi connectivity index (χ0v) is 13.2. The zero-order chi connectivity index (χ0) is 17.3. The molecule has 2 heterocycles. The van der Waals surface area contributed by atoms with Crippen LogP contribution >= 0.6 is 0 Å². The van der Waals surface area contributed by atoms with Crippen LogP contribution in [0, 0.1) is 17.0 Å². The molecule has 0 amide bonds. The summed E-state index contributed by atoms with van der Waals surface area (Å²) in [5.74, 6) is -1.43. The number of halogens is 2. The number of ether oxygens (including phenoxy) is 2. The van der Waals surface area contributed by atoms with Crippen LogP contribution in [-0.4, -0.2) is 28.8 Å². The monoisotopic (exact) mass is 336 g/mol. The van der Waals surface area contributed by atoms with Gasteiger partial charge in [0.15, 0.2) is 0 Å². The minimum absolute atomic E-state index is 0.0836. The first-order valence-electron chi connectivity index (χ1n) is 7.62. The lowest BCUT2D eigenvalue weighted by atomic mass is 10.1. The van der Waals surface area contributed by atoms with E-state index in [4.69, 9.17) is 20.6 Å². The molecule has 0 atom stereocenters. The van der Waals surface area contributed by atoms with Gasteiger partial charge in [-0.3, -0.25) is 10.1 Å². The van der Waals surface area contributed by atoms with E-state index in [0.29, 0.717) is 37.5 Å². The topological polar surface area (TPSA) is 86.2 Å². The average Bonchev–Trinajstić information content (AvgIpc) is 2.90. The standard InChI is InChI=1S/C16H18F2N4O2/c1-2-24-9-5-12(17)10(13(18)6-9)7-22-14-3-4-23-8-11(14)15(21-22)16(19)20/h5-6H,2-4,7-8H2,1H3,(H3,19,20). The molecule has 1 aliphatic heterocycles. The molecule has 0 fully saturated rings. The van der Waals surface area contributed by atoms with Gasteiger partial charge in [0.25, 0.3) is 0 Å². The Morgan fingerprint density at radius 1 is 1.42 bits per heavy atom. The Kier molecular flexibility index (Phi) is 4.48. The predicted molar refractivity (Wildman–Crippen MR) is 83.2 cm³/mol. The molecule has 24 heavy (non-hydrogen) atoms. The minimum atomic E-state index is -0.695. The molecule has 3 rings (SSSR count). The number of nitrogen functional groups attached to an aromatic ring is 1. The molecule has 0 saturated heterocycles. The Morgan fingerprint density at radius 2 is 2.12 bits per heavy atom. The van der Waals surface area contributed by atoms with Crippen molar-refractivity contribution in [2.24, 2.45) is 5.73 Å². The number of benzene rings is 1. The molecule has 0 saturated carbocycles. The summed E-state index contributed by atoms with van der Waals surface area (Å²) in [6.07, 6.45) is 0.551. The van der Waals surface area contributed by atoms with Crippen LogP contribution in [-0.2, 0) is 24.3 Å². The molecule has 3 N–H and O–H groups in total. The van der Waals surface area contributed by atoms with E-state index in [1.165, 1.54) is 4.68 Å². The van der Waals surface area contributed by atoms with Gasteiger partial charge in [-0.05, 0) is 6.92 Å². The third kappa shape index (κ3) is 2.96. The van der Waals surface area contributed by atoms with Gasteiger partial charge in [-0.1, -0.05) is 0 Å². The van der Waals surface area contributed by atoms with Crippen molar-refractivity contribution in [2.75, 3.05) is 13.2 Å². The van der Waals surface area contributed by atoms with Gasteiger partial charge in [-0.15, -0.1) is 0 Å². The fraction of sp³-hybridized carbons (Fsp3) is 0.375. The van der Waals surface area contributed by atoms with E-state index >= 15 is 0 Å². The van der Waals surface area contributed by atoms with Gasteiger partial charge in [0.2, 0.25) is 0 Å². The number of nitrogens with zero attached hydrogens (tertiary/aromatic N) is 2. The van der Waals surface area contributed by atoms with Gasteiger partial charge in [-0.2, -0.15) is 5.10 Å². The number of rotatable bonds is 5. The summed E-state index contributed by atoms with van der Waals surface area (Å²) in [5, 5.41) is 11.9. The van der Waals surface area contributed by atoms with Crippen molar-refractivity contribution < 1.29 is 18.3 Å². The Balaban J connectivity index is 1.99. The molecule has 0 unspecified atom stereocenters. The lowest BCUT2D eigenvalue weighted by molar-refractivity contribution is 0.109. The molecule has 0 spiro atoms. The van der Waals surface area contributed by atoms with Crippen LogP contribution in [0.1, 0.15) is 29.4 Å². The van der Waals surface area contributed by atoms with Crippen molar-refractivity contribution in [3.63, 3.8) is 0 Å². The van der Waals surface area contributed by atoms with Crippen LogP contribution in [0.3, 0.4) is 0 Å². The lowest BCUT2D eigenvalue weighted by Gasteiger charge is -2.15. The smallest absolute Gasteiger partial charge is 0.144 e. The van der Waals surface area contributed by atoms with Crippen molar-refractivity contribution in [1.29, 1.82) is 5.41 Å². The largest absolute Gasteiger partial charge is 0.494 e. The molecule has 8 heteroatoms. The molecule has 6 nitrogen and oxygen atoms in total. The minimum Gasteiger partial charge on any atom is -0.494 e. The SMILES string of the molecule is CCOc1cc(F)c(Cn2nc(C(=N)N)c3c2CCOC3)c(F)c1. The maximum atomic E-state index is 14.3. The van der Waals surface area contributed by atoms with Gasteiger partial charge in [0.05, 0.1) is 26.4 Å².